The first kappa shape index (κ1) is 13.8. The Labute approximate surface area is 113 Å². The van der Waals surface area contributed by atoms with Crippen molar-refractivity contribution in [3.8, 4) is 0 Å². The molecular weight excluding hydrogens is 266 g/mol. The fraction of sp³-hybridized carbons (Fsp3) is 0.333. The molecule has 1 amide bonds. The summed E-state index contributed by atoms with van der Waals surface area (Å²) < 4.78 is 6.06. The molecular formula is C12H13N3O5. The van der Waals surface area contributed by atoms with Crippen LogP contribution in [-0.4, -0.2) is 21.9 Å². The second-order valence-corrected chi connectivity index (χ2v) is 4.21. The number of carbonyl (C=O) groups excluding carboxylic acids is 1. The van der Waals surface area contributed by atoms with Crippen molar-refractivity contribution in [1.82, 2.24) is 9.88 Å². The van der Waals surface area contributed by atoms with Crippen molar-refractivity contribution in [1.29, 1.82) is 0 Å². The molecule has 0 fully saturated rings. The second kappa shape index (κ2) is 5.55. The smallest absolute Gasteiger partial charge is 0.407 e. The van der Waals surface area contributed by atoms with E-state index in [4.69, 9.17) is 4.42 Å². The third-order valence-electron chi connectivity index (χ3n) is 2.74. The second-order valence-electron chi connectivity index (χ2n) is 4.21. The van der Waals surface area contributed by atoms with Gasteiger partial charge < -0.3 is 9.73 Å². The van der Waals surface area contributed by atoms with E-state index in [2.05, 4.69) is 5.32 Å². The van der Waals surface area contributed by atoms with Crippen LogP contribution in [0.2, 0.25) is 0 Å². The van der Waals surface area contributed by atoms with E-state index >= 15 is 0 Å². The van der Waals surface area contributed by atoms with E-state index in [1.54, 1.807) is 0 Å². The van der Waals surface area contributed by atoms with Gasteiger partial charge in [-0.3, -0.25) is 19.5 Å². The van der Waals surface area contributed by atoms with Crippen LogP contribution in [0.4, 0.5) is 5.69 Å². The van der Waals surface area contributed by atoms with Crippen molar-refractivity contribution in [2.24, 2.45) is 0 Å². The Hall–Kier alpha value is -2.64. The fourth-order valence-corrected chi connectivity index (χ4v) is 1.78. The molecule has 0 atom stereocenters. The average molecular weight is 279 g/mol. The number of carbonyl (C=O) groups is 1. The van der Waals surface area contributed by atoms with E-state index < -0.39 is 10.7 Å². The molecule has 1 heterocycles. The Morgan fingerprint density at radius 3 is 2.90 bits per heavy atom. The zero-order valence-corrected chi connectivity index (χ0v) is 10.8. The highest BCUT2D eigenvalue weighted by Crippen LogP contribution is 2.19. The first-order valence-electron chi connectivity index (χ1n) is 6.07. The maximum atomic E-state index is 11.7. The molecule has 1 aromatic heterocycles. The van der Waals surface area contributed by atoms with Crippen molar-refractivity contribution >= 4 is 22.7 Å². The fourth-order valence-electron chi connectivity index (χ4n) is 1.78. The molecule has 1 N–H and O–H groups in total. The number of oxazole rings is 1. The number of nitro benzene ring substituents is 1. The molecule has 20 heavy (non-hydrogen) atoms. The number of fused-ring (bicyclic) bond motifs is 1. The summed E-state index contributed by atoms with van der Waals surface area (Å²) in [6.45, 7) is 2.26. The van der Waals surface area contributed by atoms with Crippen LogP contribution in [-0.2, 0) is 11.3 Å². The zero-order chi connectivity index (χ0) is 14.7. The standard InChI is InChI=1S/C12H13N3O5/c1-2-5-13-11(16)7-14-9-4-3-8(15(18)19)6-10(9)20-12(14)17/h3-4,6H,2,5,7H2,1H3,(H,13,16). The van der Waals surface area contributed by atoms with Gasteiger partial charge in [-0.1, -0.05) is 6.92 Å². The van der Waals surface area contributed by atoms with Crippen LogP contribution in [0.15, 0.2) is 27.4 Å². The minimum atomic E-state index is -0.716. The number of nitrogens with zero attached hydrogens (tertiary/aromatic N) is 2. The first-order chi connectivity index (χ1) is 9.52. The van der Waals surface area contributed by atoms with Crippen LogP contribution in [0.3, 0.4) is 0 Å². The predicted molar refractivity (Wildman–Crippen MR) is 70.4 cm³/mol. The number of aromatic nitrogens is 1. The van der Waals surface area contributed by atoms with Crippen LogP contribution in [0, 0.1) is 10.1 Å². The van der Waals surface area contributed by atoms with Crippen LogP contribution in [0.25, 0.3) is 11.1 Å². The molecule has 8 nitrogen and oxygen atoms in total. The summed E-state index contributed by atoms with van der Waals surface area (Å²) in [6.07, 6.45) is 0.791. The van der Waals surface area contributed by atoms with E-state index in [1.165, 1.54) is 12.1 Å². The lowest BCUT2D eigenvalue weighted by atomic mass is 10.3. The van der Waals surface area contributed by atoms with Crippen molar-refractivity contribution in [3.05, 3.63) is 38.9 Å². The monoisotopic (exact) mass is 279 g/mol. The number of nitro groups is 1. The number of hydrogen-bond acceptors (Lipinski definition) is 5. The normalized spacial score (nSPS) is 10.7. The van der Waals surface area contributed by atoms with Gasteiger partial charge in [0.1, 0.15) is 6.54 Å². The number of non-ortho nitro benzene ring substituents is 1. The SMILES string of the molecule is CCCNC(=O)Cn1c(=O)oc2cc([N+](=O)[O-])ccc21. The number of rotatable bonds is 5. The van der Waals surface area contributed by atoms with E-state index in [9.17, 15) is 19.7 Å². The van der Waals surface area contributed by atoms with E-state index in [1.807, 2.05) is 6.92 Å². The molecule has 106 valence electrons. The summed E-state index contributed by atoms with van der Waals surface area (Å²) in [5, 5.41) is 13.3. The third-order valence-corrected chi connectivity index (χ3v) is 2.74. The third kappa shape index (κ3) is 2.68. The molecule has 0 saturated heterocycles. The van der Waals surface area contributed by atoms with Crippen LogP contribution in [0.1, 0.15) is 13.3 Å². The molecule has 1 aromatic carbocycles. The molecule has 0 bridgehead atoms. The van der Waals surface area contributed by atoms with Gasteiger partial charge in [0.15, 0.2) is 5.58 Å². The predicted octanol–water partition coefficient (Wildman–Crippen LogP) is 1.03. The van der Waals surface area contributed by atoms with Crippen LogP contribution < -0.4 is 11.1 Å². The minimum absolute atomic E-state index is 0.0903. The van der Waals surface area contributed by atoms with Gasteiger partial charge in [0, 0.05) is 12.6 Å². The summed E-state index contributed by atoms with van der Waals surface area (Å²) in [5.41, 5.74) is 0.272. The molecule has 0 aliphatic carbocycles. The Balaban J connectivity index is 2.34. The molecule has 8 heteroatoms. The number of amides is 1. The summed E-state index contributed by atoms with van der Waals surface area (Å²) >= 11 is 0. The van der Waals surface area contributed by atoms with Gasteiger partial charge in [0.05, 0.1) is 16.5 Å². The summed E-state index contributed by atoms with van der Waals surface area (Å²) in [7, 11) is 0. The molecule has 0 aliphatic heterocycles. The highest BCUT2D eigenvalue weighted by atomic mass is 16.6. The summed E-state index contributed by atoms with van der Waals surface area (Å²) in [6, 6.07) is 3.82. The van der Waals surface area contributed by atoms with Gasteiger partial charge in [-0.05, 0) is 12.5 Å². The lowest BCUT2D eigenvalue weighted by Gasteiger charge is -2.03. The Bertz CT molecular complexity index is 715. The van der Waals surface area contributed by atoms with Crippen LogP contribution in [0.5, 0.6) is 0 Å². The maximum Gasteiger partial charge on any atom is 0.420 e. The lowest BCUT2D eigenvalue weighted by molar-refractivity contribution is -0.384. The Kier molecular flexibility index (Phi) is 3.83. The van der Waals surface area contributed by atoms with E-state index in [-0.39, 0.29) is 23.7 Å². The van der Waals surface area contributed by atoms with Crippen molar-refractivity contribution in [3.63, 3.8) is 0 Å². The first-order valence-corrected chi connectivity index (χ1v) is 6.07. The van der Waals surface area contributed by atoms with E-state index in [0.29, 0.717) is 12.1 Å². The average Bonchev–Trinajstić information content (AvgIpc) is 2.72. The number of hydrogen-bond donors (Lipinski definition) is 1. The minimum Gasteiger partial charge on any atom is -0.407 e. The molecule has 0 radical (unpaired) electrons. The van der Waals surface area contributed by atoms with Gasteiger partial charge in [-0.15, -0.1) is 0 Å². The van der Waals surface area contributed by atoms with Crippen LogP contribution >= 0.6 is 0 Å². The van der Waals surface area contributed by atoms with Gasteiger partial charge in [-0.2, -0.15) is 0 Å². The highest BCUT2D eigenvalue weighted by molar-refractivity contribution is 5.80. The van der Waals surface area contributed by atoms with Gasteiger partial charge >= 0.3 is 5.76 Å². The van der Waals surface area contributed by atoms with Gasteiger partial charge in [-0.25, -0.2) is 4.79 Å². The number of nitrogens with one attached hydrogen (secondary N) is 1. The topological polar surface area (TPSA) is 107 Å². The lowest BCUT2D eigenvalue weighted by Crippen LogP contribution is -2.31. The Morgan fingerprint density at radius 1 is 1.50 bits per heavy atom. The summed E-state index contributed by atoms with van der Waals surface area (Å²) in [5.74, 6) is -1.03. The molecule has 2 rings (SSSR count). The maximum absolute atomic E-state index is 11.7. The van der Waals surface area contributed by atoms with Gasteiger partial charge in [0.2, 0.25) is 5.91 Å². The summed E-state index contributed by atoms with van der Waals surface area (Å²) in [4.78, 5) is 33.4. The Morgan fingerprint density at radius 2 is 2.25 bits per heavy atom. The molecule has 2 aromatic rings. The van der Waals surface area contributed by atoms with E-state index in [0.717, 1.165) is 17.1 Å². The molecule has 0 spiro atoms. The quantitative estimate of drug-likeness (QED) is 0.649. The van der Waals surface area contributed by atoms with Gasteiger partial charge in [0.25, 0.3) is 5.69 Å². The zero-order valence-electron chi connectivity index (χ0n) is 10.8. The highest BCUT2D eigenvalue weighted by Gasteiger charge is 2.15. The largest absolute Gasteiger partial charge is 0.420 e. The molecule has 0 saturated carbocycles. The number of benzene rings is 1. The van der Waals surface area contributed by atoms with Crippen molar-refractivity contribution < 1.29 is 14.1 Å². The van der Waals surface area contributed by atoms with Crippen molar-refractivity contribution in [2.45, 2.75) is 19.9 Å². The van der Waals surface area contributed by atoms with Crippen molar-refractivity contribution in [2.75, 3.05) is 6.54 Å². The molecule has 0 aliphatic rings. The molecule has 0 unspecified atom stereocenters.